The Morgan fingerprint density at radius 1 is 1.11 bits per heavy atom. The van der Waals surface area contributed by atoms with Crippen LogP contribution < -0.4 is 22.7 Å². The smallest absolute Gasteiger partial charge is 0.472 e. The molecule has 4 aromatic rings. The maximum atomic E-state index is 13.5. The van der Waals surface area contributed by atoms with Crippen molar-refractivity contribution in [1.29, 1.82) is 0 Å². The van der Waals surface area contributed by atoms with Gasteiger partial charge in [-0.3, -0.25) is 46.5 Å². The number of anilines is 1. The second-order valence-electron chi connectivity index (χ2n) is 12.8. The molecule has 9 atom stereocenters. The molecule has 57 heavy (non-hydrogen) atoms. The zero-order valence-electron chi connectivity index (χ0n) is 29.6. The van der Waals surface area contributed by atoms with E-state index in [-0.39, 0.29) is 41.2 Å². The molecule has 0 aliphatic carbocycles. The van der Waals surface area contributed by atoms with Gasteiger partial charge in [0.1, 0.15) is 53.9 Å². The largest absolute Gasteiger partial charge is 0.481 e. The van der Waals surface area contributed by atoms with Crippen molar-refractivity contribution < 1.29 is 62.0 Å². The average Bonchev–Trinajstić information content (AvgIpc) is 3.93. The fourth-order valence-electron chi connectivity index (χ4n) is 6.06. The number of aryl methyl sites for hydroxylation is 1. The van der Waals surface area contributed by atoms with E-state index >= 15 is 0 Å². The lowest BCUT2D eigenvalue weighted by atomic mass is 10.2. The number of imidazole rings is 2. The van der Waals surface area contributed by atoms with Crippen LogP contribution in [-0.4, -0.2) is 120 Å². The molecule has 0 radical (unpaired) electrons. The Hall–Kier alpha value is -5.12. The SMILES string of the molecule is Cc1nccn1P(=O)(O)C[C@H]1O[C@@H](n2cnc3c(N)ncnc32)C[C@H]1OP(=O)(O)OC[C@H]1O[C@@H](n2cc(C#CCOC(=O)C(N)CC(=O)O)c(=O)[nH]c2=O)C[C@H]1O. The average molecular weight is 839 g/mol. The summed E-state index contributed by atoms with van der Waals surface area (Å²) < 4.78 is 57.6. The third-order valence-corrected chi connectivity index (χ3v) is 11.7. The first kappa shape index (κ1) is 41.5. The van der Waals surface area contributed by atoms with Gasteiger partial charge in [-0.15, -0.1) is 0 Å². The molecule has 3 unspecified atom stereocenters. The number of aromatic amines is 1. The number of phosphoric acid groups is 1. The van der Waals surface area contributed by atoms with Crippen LogP contribution in [-0.2, 0) is 42.0 Å². The van der Waals surface area contributed by atoms with Crippen LogP contribution in [0.2, 0.25) is 0 Å². The molecule has 4 aromatic heterocycles. The van der Waals surface area contributed by atoms with E-state index in [1.54, 1.807) is 0 Å². The van der Waals surface area contributed by atoms with Gasteiger partial charge in [-0.1, -0.05) is 11.8 Å². The van der Waals surface area contributed by atoms with Crippen LogP contribution in [0.3, 0.4) is 0 Å². The number of carbonyl (C=O) groups is 2. The first-order valence-electron chi connectivity index (χ1n) is 16.8. The van der Waals surface area contributed by atoms with Crippen LogP contribution in [0.5, 0.6) is 0 Å². The van der Waals surface area contributed by atoms with Crippen molar-refractivity contribution in [1.82, 2.24) is 38.4 Å². The molecule has 0 amide bonds. The summed E-state index contributed by atoms with van der Waals surface area (Å²) in [5, 5.41) is 19.5. The Kier molecular flexibility index (Phi) is 12.2. The predicted octanol–water partition coefficient (Wildman–Crippen LogP) is -1.67. The Labute approximate surface area is 319 Å². The molecular weight excluding hydrogens is 802 g/mol. The van der Waals surface area contributed by atoms with Crippen LogP contribution in [0.4, 0.5) is 5.82 Å². The summed E-state index contributed by atoms with van der Waals surface area (Å²) in [6.07, 6.45) is -2.84. The summed E-state index contributed by atoms with van der Waals surface area (Å²) in [5.41, 5.74) is 9.73. The summed E-state index contributed by atoms with van der Waals surface area (Å²) >= 11 is 0. The number of carbonyl (C=O) groups excluding carboxylic acids is 1. The minimum atomic E-state index is -5.04. The molecular formula is C30H36N10O15P2. The molecule has 27 heteroatoms. The van der Waals surface area contributed by atoms with Gasteiger partial charge in [-0.25, -0.2) is 29.3 Å². The van der Waals surface area contributed by atoms with Crippen LogP contribution in [0.1, 0.15) is 43.1 Å². The summed E-state index contributed by atoms with van der Waals surface area (Å²) in [6, 6.07) is -1.43. The number of esters is 1. The normalized spacial score (nSPS) is 24.6. The van der Waals surface area contributed by atoms with Crippen LogP contribution in [0, 0.1) is 18.8 Å². The standard InChI is InChI=1S/C30H36N10O15P2/c1-15-33-4-5-40(15)56(47,48)12-21-19(9-23(54-21)39-14-36-25-26(32)34-13-35-27(25)39)55-57(49,50)52-11-20-18(41)8-22(53-20)38-10-16(28(44)37-30(38)46)3-2-6-51-29(45)17(31)7-24(42)43/h4-5,10,13-14,17-23,41H,6-9,11-12,31H2,1H3,(H,42,43)(H,47,48)(H,49,50)(H2,32,34,35)(H,37,44,46)/t17?,18-,19-,20-,21-,22-,23-/m1/s1. The maximum Gasteiger partial charge on any atom is 0.472 e. The molecule has 6 heterocycles. The quantitative estimate of drug-likeness (QED) is 0.0424. The first-order valence-corrected chi connectivity index (χ1v) is 20.1. The van der Waals surface area contributed by atoms with Crippen molar-refractivity contribution in [2.45, 2.75) is 69.1 Å². The number of aliphatic carboxylic acids is 1. The number of hydrogen-bond acceptors (Lipinski definition) is 18. The van der Waals surface area contributed by atoms with Gasteiger partial charge in [0.15, 0.2) is 18.1 Å². The highest BCUT2D eigenvalue weighted by atomic mass is 31.2. The molecule has 6 rings (SSSR count). The maximum absolute atomic E-state index is 13.5. The fraction of sp³-hybridized carbons (Fsp3) is 0.467. The van der Waals surface area contributed by atoms with E-state index < -0.39 is 107 Å². The number of ether oxygens (including phenoxy) is 3. The Morgan fingerprint density at radius 2 is 1.84 bits per heavy atom. The van der Waals surface area contributed by atoms with Crippen molar-refractivity contribution in [2.24, 2.45) is 5.73 Å². The second-order valence-corrected chi connectivity index (χ2v) is 16.3. The van der Waals surface area contributed by atoms with Gasteiger partial charge >= 0.3 is 33.0 Å². The zero-order valence-corrected chi connectivity index (χ0v) is 31.4. The molecule has 0 aromatic carbocycles. The van der Waals surface area contributed by atoms with E-state index in [1.165, 1.54) is 36.5 Å². The molecule has 2 saturated heterocycles. The van der Waals surface area contributed by atoms with Gasteiger partial charge in [0, 0.05) is 31.4 Å². The molecule has 0 bridgehead atoms. The van der Waals surface area contributed by atoms with Crippen LogP contribution in [0.15, 0.2) is 40.8 Å². The number of nitrogen functional groups attached to an aromatic ring is 1. The number of nitrogens with one attached hydrogen (secondary N) is 1. The van der Waals surface area contributed by atoms with Crippen LogP contribution >= 0.6 is 15.3 Å². The fourth-order valence-corrected chi connectivity index (χ4v) is 8.76. The van der Waals surface area contributed by atoms with Crippen molar-refractivity contribution in [3.8, 4) is 11.8 Å². The van der Waals surface area contributed by atoms with Crippen molar-refractivity contribution >= 4 is 44.3 Å². The number of phosphoric ester groups is 1. The third-order valence-electron chi connectivity index (χ3n) is 8.79. The first-order chi connectivity index (χ1) is 26.9. The lowest BCUT2D eigenvalue weighted by Gasteiger charge is -2.24. The number of aliphatic hydroxyl groups is 1. The Bertz CT molecular complexity index is 2440. The van der Waals surface area contributed by atoms with Gasteiger partial charge in [0.25, 0.3) is 5.56 Å². The number of hydrogen-bond donors (Lipinski definition) is 7. The van der Waals surface area contributed by atoms with E-state index in [0.29, 0.717) is 0 Å². The predicted molar refractivity (Wildman–Crippen MR) is 190 cm³/mol. The highest BCUT2D eigenvalue weighted by Crippen LogP contribution is 2.52. The Morgan fingerprint density at radius 3 is 2.56 bits per heavy atom. The number of rotatable bonds is 14. The third kappa shape index (κ3) is 9.54. The molecule has 0 saturated carbocycles. The molecule has 0 spiro atoms. The number of aliphatic hydroxyl groups excluding tert-OH is 1. The van der Waals surface area contributed by atoms with Crippen LogP contribution in [0.25, 0.3) is 11.2 Å². The molecule has 25 nitrogen and oxygen atoms in total. The summed E-state index contributed by atoms with van der Waals surface area (Å²) in [6.45, 7) is 0.224. The van der Waals surface area contributed by atoms with Crippen molar-refractivity contribution in [3.05, 3.63) is 63.5 Å². The minimum absolute atomic E-state index is 0.0843. The zero-order chi connectivity index (χ0) is 41.2. The Balaban J connectivity index is 1.12. The van der Waals surface area contributed by atoms with E-state index in [1.807, 2.05) is 4.98 Å². The van der Waals surface area contributed by atoms with E-state index in [0.717, 1.165) is 15.1 Å². The van der Waals surface area contributed by atoms with Gasteiger partial charge in [-0.2, -0.15) is 0 Å². The summed E-state index contributed by atoms with van der Waals surface area (Å²) in [4.78, 5) is 87.7. The highest BCUT2D eigenvalue weighted by molar-refractivity contribution is 7.56. The lowest BCUT2D eigenvalue weighted by Crippen LogP contribution is -2.34. The van der Waals surface area contributed by atoms with E-state index in [9.17, 15) is 43.2 Å². The second kappa shape index (κ2) is 16.8. The highest BCUT2D eigenvalue weighted by Gasteiger charge is 2.46. The number of fused-ring (bicyclic) bond motifs is 1. The van der Waals surface area contributed by atoms with Gasteiger partial charge in [0.05, 0.1) is 37.7 Å². The summed E-state index contributed by atoms with van der Waals surface area (Å²) in [7, 11) is -9.28. The molecule has 9 N–H and O–H groups in total. The van der Waals surface area contributed by atoms with Gasteiger partial charge in [0.2, 0.25) is 0 Å². The topological polar surface area (TPSA) is 364 Å². The number of aromatic nitrogens is 8. The number of carboxylic acids is 1. The van der Waals surface area contributed by atoms with Crippen molar-refractivity contribution in [3.63, 3.8) is 0 Å². The number of nitrogens with zero attached hydrogens (tertiary/aromatic N) is 7. The van der Waals surface area contributed by atoms with Gasteiger partial charge in [-0.05, 0) is 6.92 Å². The molecule has 2 fully saturated rings. The number of carboxylic acid groups (broad SMARTS) is 1. The number of H-pyrrole nitrogens is 1. The lowest BCUT2D eigenvalue weighted by molar-refractivity contribution is -0.148. The minimum Gasteiger partial charge on any atom is -0.481 e. The monoisotopic (exact) mass is 838 g/mol. The van der Waals surface area contributed by atoms with E-state index in [2.05, 4.69) is 31.8 Å². The molecule has 2 aliphatic rings. The van der Waals surface area contributed by atoms with Crippen molar-refractivity contribution in [2.75, 3.05) is 25.1 Å². The molecule has 2 aliphatic heterocycles. The summed E-state index contributed by atoms with van der Waals surface area (Å²) in [5.74, 6) is 2.76. The van der Waals surface area contributed by atoms with E-state index in [4.69, 9.17) is 39.8 Å². The van der Waals surface area contributed by atoms with Gasteiger partial charge < -0.3 is 45.7 Å². The number of nitrogens with two attached hydrogens (primary N) is 2. The molecule has 306 valence electrons.